The third-order valence-corrected chi connectivity index (χ3v) is 2.70. The molecule has 2 aromatic rings. The second-order valence-electron chi connectivity index (χ2n) is 3.04. The highest BCUT2D eigenvalue weighted by Gasteiger charge is 2.08. The molecule has 6 heteroatoms. The first kappa shape index (κ1) is 10.7. The summed E-state index contributed by atoms with van der Waals surface area (Å²) in [5.74, 6) is -0.271. The number of aromatic amines is 1. The van der Waals surface area contributed by atoms with Crippen LogP contribution in [0.3, 0.4) is 0 Å². The molecule has 0 saturated heterocycles. The van der Waals surface area contributed by atoms with Gasteiger partial charge in [-0.25, -0.2) is 0 Å². The molecule has 0 saturated carbocycles. The normalized spacial score (nSPS) is 10.1. The molecule has 2 rings (SSSR count). The average molecular weight is 234 g/mol. The fourth-order valence-electron chi connectivity index (χ4n) is 1.21. The molecule has 0 aliphatic heterocycles. The van der Waals surface area contributed by atoms with Crippen LogP contribution in [0.5, 0.6) is 0 Å². The first-order valence-electron chi connectivity index (χ1n) is 4.61. The molecule has 0 aliphatic rings. The van der Waals surface area contributed by atoms with E-state index in [-0.39, 0.29) is 11.6 Å². The molecule has 5 nitrogen and oxygen atoms in total. The number of carbonyl (C=O) groups excluding carboxylic acids is 1. The van der Waals surface area contributed by atoms with Gasteiger partial charge in [-0.3, -0.25) is 4.79 Å². The van der Waals surface area contributed by atoms with Gasteiger partial charge in [0.1, 0.15) is 0 Å². The zero-order valence-corrected chi connectivity index (χ0v) is 9.41. The molecule has 0 radical (unpaired) electrons. The molecular weight excluding hydrogens is 224 g/mol. The van der Waals surface area contributed by atoms with Gasteiger partial charge in [-0.05, 0) is 24.5 Å². The molecule has 16 heavy (non-hydrogen) atoms. The number of benzene rings is 1. The van der Waals surface area contributed by atoms with Crippen LogP contribution in [0.4, 0.5) is 5.69 Å². The zero-order chi connectivity index (χ0) is 11.4. The topological polar surface area (TPSA) is 70.7 Å². The number of carbonyl (C=O) groups is 1. The molecule has 1 aromatic carbocycles. The zero-order valence-electron chi connectivity index (χ0n) is 8.60. The van der Waals surface area contributed by atoms with Crippen LogP contribution in [0.15, 0.2) is 35.4 Å². The van der Waals surface area contributed by atoms with Crippen LogP contribution in [0, 0.1) is 0 Å². The van der Waals surface area contributed by atoms with E-state index in [0.29, 0.717) is 0 Å². The Hall–Kier alpha value is -1.82. The standard InChI is InChI=1S/C10H10N4OS/c1-16-8-4-2-3-7(5-8)12-10(15)9-6-11-14-13-9/h2-6H,1H3,(H,12,15)(H,11,13,14). The quantitative estimate of drug-likeness (QED) is 0.794. The molecular formula is C10H10N4OS. The highest BCUT2D eigenvalue weighted by Crippen LogP contribution is 2.19. The molecule has 1 aromatic heterocycles. The van der Waals surface area contributed by atoms with Crippen molar-refractivity contribution in [3.05, 3.63) is 36.2 Å². The first-order valence-corrected chi connectivity index (χ1v) is 5.83. The van der Waals surface area contributed by atoms with Gasteiger partial charge in [-0.1, -0.05) is 6.07 Å². The summed E-state index contributed by atoms with van der Waals surface area (Å²) in [4.78, 5) is 12.7. The predicted molar refractivity (Wildman–Crippen MR) is 62.6 cm³/mol. The van der Waals surface area contributed by atoms with E-state index >= 15 is 0 Å². The summed E-state index contributed by atoms with van der Waals surface area (Å²) in [6, 6.07) is 7.61. The Balaban J connectivity index is 2.12. The molecule has 0 fully saturated rings. The van der Waals surface area contributed by atoms with Crippen molar-refractivity contribution in [2.45, 2.75) is 4.90 Å². The number of H-pyrrole nitrogens is 1. The molecule has 0 bridgehead atoms. The summed E-state index contributed by atoms with van der Waals surface area (Å²) in [7, 11) is 0. The van der Waals surface area contributed by atoms with Crippen LogP contribution in [0.1, 0.15) is 10.5 Å². The molecule has 0 spiro atoms. The monoisotopic (exact) mass is 234 g/mol. The number of aromatic nitrogens is 3. The van der Waals surface area contributed by atoms with Crippen molar-refractivity contribution in [1.29, 1.82) is 0 Å². The minimum Gasteiger partial charge on any atom is -0.321 e. The Morgan fingerprint density at radius 3 is 3.06 bits per heavy atom. The van der Waals surface area contributed by atoms with Crippen LogP contribution in [-0.2, 0) is 0 Å². The lowest BCUT2D eigenvalue weighted by Crippen LogP contribution is -2.12. The molecule has 2 N–H and O–H groups in total. The SMILES string of the molecule is CSc1cccc(NC(=O)c2cn[nH]n2)c1. The van der Waals surface area contributed by atoms with Crippen LogP contribution in [0.25, 0.3) is 0 Å². The van der Waals surface area contributed by atoms with E-state index in [1.54, 1.807) is 11.8 Å². The summed E-state index contributed by atoms with van der Waals surface area (Å²) in [5.41, 5.74) is 1.02. The van der Waals surface area contributed by atoms with Gasteiger partial charge >= 0.3 is 0 Å². The van der Waals surface area contributed by atoms with Crippen LogP contribution < -0.4 is 5.32 Å². The summed E-state index contributed by atoms with van der Waals surface area (Å²) in [5, 5.41) is 12.4. The molecule has 82 valence electrons. The third-order valence-electron chi connectivity index (χ3n) is 1.98. The van der Waals surface area contributed by atoms with Crippen molar-refractivity contribution in [3.63, 3.8) is 0 Å². The van der Waals surface area contributed by atoms with Gasteiger partial charge in [-0.15, -0.1) is 11.8 Å². The summed E-state index contributed by atoms with van der Waals surface area (Å²) in [6.07, 6.45) is 3.37. The van der Waals surface area contributed by atoms with Crippen LogP contribution in [-0.4, -0.2) is 27.6 Å². The number of anilines is 1. The van der Waals surface area contributed by atoms with Gasteiger partial charge in [0, 0.05) is 10.6 Å². The predicted octanol–water partition coefficient (Wildman–Crippen LogP) is 1.78. The minimum absolute atomic E-state index is 0.271. The van der Waals surface area contributed by atoms with E-state index in [1.807, 2.05) is 30.5 Å². The van der Waals surface area contributed by atoms with Gasteiger partial charge in [0.15, 0.2) is 5.69 Å². The van der Waals surface area contributed by atoms with E-state index in [2.05, 4.69) is 20.7 Å². The Morgan fingerprint density at radius 2 is 2.38 bits per heavy atom. The van der Waals surface area contributed by atoms with Gasteiger partial charge in [0.05, 0.1) is 6.20 Å². The fourth-order valence-corrected chi connectivity index (χ4v) is 1.67. The fraction of sp³-hybridized carbons (Fsp3) is 0.100. The average Bonchev–Trinajstić information content (AvgIpc) is 2.83. The number of nitrogens with one attached hydrogen (secondary N) is 2. The maximum Gasteiger partial charge on any atom is 0.277 e. The van der Waals surface area contributed by atoms with Crippen molar-refractivity contribution in [2.24, 2.45) is 0 Å². The van der Waals surface area contributed by atoms with Gasteiger partial charge in [0.25, 0.3) is 5.91 Å². The number of hydrogen-bond donors (Lipinski definition) is 2. The Labute approximate surface area is 96.6 Å². The molecule has 0 unspecified atom stereocenters. The van der Waals surface area contributed by atoms with E-state index < -0.39 is 0 Å². The number of rotatable bonds is 3. The Kier molecular flexibility index (Phi) is 3.21. The van der Waals surface area contributed by atoms with Gasteiger partial charge in [0.2, 0.25) is 0 Å². The maximum absolute atomic E-state index is 11.6. The van der Waals surface area contributed by atoms with Crippen molar-refractivity contribution < 1.29 is 4.79 Å². The van der Waals surface area contributed by atoms with E-state index in [9.17, 15) is 4.79 Å². The second kappa shape index (κ2) is 4.80. The number of hydrogen-bond acceptors (Lipinski definition) is 4. The highest BCUT2D eigenvalue weighted by atomic mass is 32.2. The van der Waals surface area contributed by atoms with E-state index in [0.717, 1.165) is 10.6 Å². The van der Waals surface area contributed by atoms with Crippen molar-refractivity contribution in [1.82, 2.24) is 15.4 Å². The number of nitrogens with zero attached hydrogens (tertiary/aromatic N) is 2. The summed E-state index contributed by atoms with van der Waals surface area (Å²) >= 11 is 1.62. The molecule has 0 aliphatic carbocycles. The Morgan fingerprint density at radius 1 is 1.50 bits per heavy atom. The lowest BCUT2D eigenvalue weighted by atomic mass is 10.3. The van der Waals surface area contributed by atoms with Crippen LogP contribution in [0.2, 0.25) is 0 Å². The minimum atomic E-state index is -0.271. The highest BCUT2D eigenvalue weighted by molar-refractivity contribution is 7.98. The lowest BCUT2D eigenvalue weighted by Gasteiger charge is -2.04. The van der Waals surface area contributed by atoms with Gasteiger partial charge < -0.3 is 5.32 Å². The van der Waals surface area contributed by atoms with Gasteiger partial charge in [-0.2, -0.15) is 15.4 Å². The lowest BCUT2D eigenvalue weighted by molar-refractivity contribution is 0.102. The first-order chi connectivity index (χ1) is 7.79. The van der Waals surface area contributed by atoms with Crippen LogP contribution >= 0.6 is 11.8 Å². The summed E-state index contributed by atoms with van der Waals surface area (Å²) in [6.45, 7) is 0. The Bertz CT molecular complexity index is 483. The second-order valence-corrected chi connectivity index (χ2v) is 3.92. The van der Waals surface area contributed by atoms with Crippen molar-refractivity contribution in [2.75, 3.05) is 11.6 Å². The van der Waals surface area contributed by atoms with E-state index in [1.165, 1.54) is 6.20 Å². The smallest absolute Gasteiger partial charge is 0.277 e. The third kappa shape index (κ3) is 2.40. The maximum atomic E-state index is 11.6. The molecule has 0 atom stereocenters. The van der Waals surface area contributed by atoms with Crippen molar-refractivity contribution in [3.8, 4) is 0 Å². The number of thioether (sulfide) groups is 1. The largest absolute Gasteiger partial charge is 0.321 e. The summed E-state index contributed by atoms with van der Waals surface area (Å²) < 4.78 is 0. The number of amides is 1. The van der Waals surface area contributed by atoms with E-state index in [4.69, 9.17) is 0 Å². The van der Waals surface area contributed by atoms with Crippen molar-refractivity contribution >= 4 is 23.4 Å². The molecule has 1 heterocycles. The molecule has 1 amide bonds.